The molecule has 0 unspecified atom stereocenters. The van der Waals surface area contributed by atoms with Gasteiger partial charge in [0.15, 0.2) is 0 Å². The molecular formula is C17H13FN2O. The van der Waals surface area contributed by atoms with Crippen molar-refractivity contribution >= 4 is 16.7 Å². The molecule has 0 aliphatic heterocycles. The Hall–Kier alpha value is -2.80. The molecule has 0 saturated carbocycles. The summed E-state index contributed by atoms with van der Waals surface area (Å²) < 4.78 is 19.3. The molecular weight excluding hydrogens is 267 g/mol. The molecule has 21 heavy (non-hydrogen) atoms. The SMILES string of the molecule is Cc1oc2ccccc2c1CNc1cccc(F)c1C#N. The van der Waals surface area contributed by atoms with Crippen molar-refractivity contribution in [2.45, 2.75) is 13.5 Å². The van der Waals surface area contributed by atoms with Crippen LogP contribution in [0.5, 0.6) is 0 Å². The van der Waals surface area contributed by atoms with Crippen molar-refractivity contribution in [2.75, 3.05) is 5.32 Å². The van der Waals surface area contributed by atoms with Crippen LogP contribution in [0.2, 0.25) is 0 Å². The molecule has 0 amide bonds. The lowest BCUT2D eigenvalue weighted by molar-refractivity contribution is 0.573. The highest BCUT2D eigenvalue weighted by atomic mass is 19.1. The first-order valence-electron chi connectivity index (χ1n) is 6.60. The number of para-hydroxylation sites is 1. The van der Waals surface area contributed by atoms with Crippen LogP contribution in [0.3, 0.4) is 0 Å². The van der Waals surface area contributed by atoms with Crippen LogP contribution in [0.4, 0.5) is 10.1 Å². The summed E-state index contributed by atoms with van der Waals surface area (Å²) in [4.78, 5) is 0. The van der Waals surface area contributed by atoms with Gasteiger partial charge >= 0.3 is 0 Å². The molecule has 0 fully saturated rings. The summed E-state index contributed by atoms with van der Waals surface area (Å²) in [7, 11) is 0. The second-order valence-electron chi connectivity index (χ2n) is 4.76. The fourth-order valence-electron chi connectivity index (χ4n) is 2.41. The van der Waals surface area contributed by atoms with Gasteiger partial charge in [0.25, 0.3) is 0 Å². The van der Waals surface area contributed by atoms with E-state index in [1.807, 2.05) is 37.3 Å². The van der Waals surface area contributed by atoms with Crippen molar-refractivity contribution in [1.29, 1.82) is 5.26 Å². The van der Waals surface area contributed by atoms with Crippen LogP contribution in [0.25, 0.3) is 11.0 Å². The van der Waals surface area contributed by atoms with Crippen LogP contribution < -0.4 is 5.32 Å². The molecule has 0 saturated heterocycles. The molecule has 0 bridgehead atoms. The third-order valence-electron chi connectivity index (χ3n) is 3.48. The zero-order valence-electron chi connectivity index (χ0n) is 11.5. The predicted molar refractivity (Wildman–Crippen MR) is 79.4 cm³/mol. The standard InChI is InChI=1S/C17H13FN2O/c1-11-14(12-5-2-3-8-17(12)21-11)10-20-16-7-4-6-15(18)13(16)9-19/h2-8,20H,10H2,1H3. The summed E-state index contributed by atoms with van der Waals surface area (Å²) >= 11 is 0. The van der Waals surface area contributed by atoms with E-state index in [1.165, 1.54) is 6.07 Å². The third-order valence-corrected chi connectivity index (χ3v) is 3.48. The summed E-state index contributed by atoms with van der Waals surface area (Å²) in [5.74, 6) is 0.301. The molecule has 0 aliphatic rings. The van der Waals surface area contributed by atoms with Crippen molar-refractivity contribution in [3.05, 3.63) is 65.2 Å². The summed E-state index contributed by atoms with van der Waals surface area (Å²) in [5, 5.41) is 13.2. The minimum absolute atomic E-state index is 0.0305. The van der Waals surface area contributed by atoms with Gasteiger partial charge in [-0.2, -0.15) is 5.26 Å². The van der Waals surface area contributed by atoms with Crippen LogP contribution >= 0.6 is 0 Å². The molecule has 0 spiro atoms. The zero-order valence-corrected chi connectivity index (χ0v) is 11.5. The molecule has 2 aromatic carbocycles. The van der Waals surface area contributed by atoms with E-state index in [0.717, 1.165) is 22.3 Å². The third kappa shape index (κ3) is 2.34. The Morgan fingerprint density at radius 3 is 2.81 bits per heavy atom. The van der Waals surface area contributed by atoms with E-state index >= 15 is 0 Å². The summed E-state index contributed by atoms with van der Waals surface area (Å²) in [6.45, 7) is 2.37. The number of halogens is 1. The van der Waals surface area contributed by atoms with E-state index in [1.54, 1.807) is 12.1 Å². The molecule has 0 atom stereocenters. The van der Waals surface area contributed by atoms with Crippen LogP contribution in [-0.2, 0) is 6.54 Å². The van der Waals surface area contributed by atoms with Crippen molar-refractivity contribution in [3.63, 3.8) is 0 Å². The lowest BCUT2D eigenvalue weighted by atomic mass is 10.1. The molecule has 1 N–H and O–H groups in total. The van der Waals surface area contributed by atoms with Crippen LogP contribution in [0.15, 0.2) is 46.9 Å². The number of anilines is 1. The highest BCUT2D eigenvalue weighted by molar-refractivity contribution is 5.82. The smallest absolute Gasteiger partial charge is 0.143 e. The van der Waals surface area contributed by atoms with Crippen molar-refractivity contribution in [2.24, 2.45) is 0 Å². The number of fused-ring (bicyclic) bond motifs is 1. The minimum Gasteiger partial charge on any atom is -0.461 e. The van der Waals surface area contributed by atoms with Crippen molar-refractivity contribution in [3.8, 4) is 6.07 Å². The number of benzene rings is 2. The van der Waals surface area contributed by atoms with Crippen LogP contribution in [0, 0.1) is 24.1 Å². The van der Waals surface area contributed by atoms with E-state index in [2.05, 4.69) is 5.32 Å². The quantitative estimate of drug-likeness (QED) is 0.775. The molecule has 4 heteroatoms. The van der Waals surface area contributed by atoms with E-state index in [0.29, 0.717) is 12.2 Å². The lowest BCUT2D eigenvalue weighted by Gasteiger charge is -2.08. The molecule has 1 heterocycles. The maximum Gasteiger partial charge on any atom is 0.143 e. The van der Waals surface area contributed by atoms with E-state index in [4.69, 9.17) is 9.68 Å². The maximum absolute atomic E-state index is 13.6. The van der Waals surface area contributed by atoms with E-state index in [9.17, 15) is 4.39 Å². The average molecular weight is 280 g/mol. The second-order valence-corrected chi connectivity index (χ2v) is 4.76. The number of hydrogen-bond acceptors (Lipinski definition) is 3. The number of furan rings is 1. The van der Waals surface area contributed by atoms with Gasteiger partial charge in [-0.3, -0.25) is 0 Å². The number of aryl methyl sites for hydroxylation is 1. The zero-order chi connectivity index (χ0) is 14.8. The number of hydrogen-bond donors (Lipinski definition) is 1. The highest BCUT2D eigenvalue weighted by Gasteiger charge is 2.12. The molecule has 0 aliphatic carbocycles. The molecule has 3 nitrogen and oxygen atoms in total. The lowest BCUT2D eigenvalue weighted by Crippen LogP contribution is -2.03. The first-order valence-corrected chi connectivity index (χ1v) is 6.60. The van der Waals surface area contributed by atoms with Crippen molar-refractivity contribution < 1.29 is 8.81 Å². The number of nitriles is 1. The van der Waals surface area contributed by atoms with Crippen LogP contribution in [-0.4, -0.2) is 0 Å². The van der Waals surface area contributed by atoms with Gasteiger partial charge in [0, 0.05) is 17.5 Å². The Bertz CT molecular complexity index is 846. The highest BCUT2D eigenvalue weighted by Crippen LogP contribution is 2.27. The number of rotatable bonds is 3. The fourth-order valence-corrected chi connectivity index (χ4v) is 2.41. The normalized spacial score (nSPS) is 10.5. The van der Waals surface area contributed by atoms with Gasteiger partial charge in [0.05, 0.1) is 5.69 Å². The fraction of sp³-hybridized carbons (Fsp3) is 0.118. The Morgan fingerprint density at radius 2 is 2.00 bits per heavy atom. The summed E-state index contributed by atoms with van der Waals surface area (Å²) in [6.07, 6.45) is 0. The topological polar surface area (TPSA) is 49.0 Å². The van der Waals surface area contributed by atoms with Gasteiger partial charge in [-0.1, -0.05) is 24.3 Å². The first kappa shape index (κ1) is 13.2. The molecule has 3 rings (SSSR count). The van der Waals surface area contributed by atoms with Gasteiger partial charge in [0.1, 0.15) is 28.8 Å². The Kier molecular flexibility index (Phi) is 3.33. The predicted octanol–water partition coefficient (Wildman–Crippen LogP) is 4.36. The van der Waals surface area contributed by atoms with Crippen molar-refractivity contribution in [1.82, 2.24) is 0 Å². The minimum atomic E-state index is -0.517. The average Bonchev–Trinajstić information content (AvgIpc) is 2.80. The van der Waals surface area contributed by atoms with E-state index in [-0.39, 0.29) is 5.56 Å². The number of nitrogens with zero attached hydrogens (tertiary/aromatic N) is 1. The van der Waals surface area contributed by atoms with Gasteiger partial charge < -0.3 is 9.73 Å². The first-order chi connectivity index (χ1) is 10.2. The largest absolute Gasteiger partial charge is 0.461 e. The van der Waals surface area contributed by atoms with Gasteiger partial charge in [-0.15, -0.1) is 0 Å². The molecule has 1 aromatic heterocycles. The molecule has 0 radical (unpaired) electrons. The summed E-state index contributed by atoms with van der Waals surface area (Å²) in [5.41, 5.74) is 2.36. The molecule has 104 valence electrons. The van der Waals surface area contributed by atoms with E-state index < -0.39 is 5.82 Å². The second kappa shape index (κ2) is 5.29. The van der Waals surface area contributed by atoms with Gasteiger partial charge in [-0.05, 0) is 25.1 Å². The van der Waals surface area contributed by atoms with Gasteiger partial charge in [0.2, 0.25) is 0 Å². The van der Waals surface area contributed by atoms with Gasteiger partial charge in [-0.25, -0.2) is 4.39 Å². The number of nitrogens with one attached hydrogen (secondary N) is 1. The Labute approximate surface area is 121 Å². The summed E-state index contributed by atoms with van der Waals surface area (Å²) in [6, 6.07) is 14.2. The van der Waals surface area contributed by atoms with Crippen LogP contribution in [0.1, 0.15) is 16.9 Å². The maximum atomic E-state index is 13.6. The molecule has 3 aromatic rings. The Balaban J connectivity index is 1.93. The monoisotopic (exact) mass is 280 g/mol. The Morgan fingerprint density at radius 1 is 1.19 bits per heavy atom.